The number of aryl methyl sites for hydroxylation is 2. The molecular formula is C40H45F3N6O6. The summed E-state index contributed by atoms with van der Waals surface area (Å²) in [4.78, 5) is 64.4. The van der Waals surface area contributed by atoms with Gasteiger partial charge in [-0.25, -0.2) is 27.3 Å². The Morgan fingerprint density at radius 1 is 1.11 bits per heavy atom. The first-order chi connectivity index (χ1) is 26.2. The largest absolute Gasteiger partial charge is 0.461 e. The van der Waals surface area contributed by atoms with Crippen molar-refractivity contribution >= 4 is 39.4 Å². The molecule has 12 nitrogen and oxygen atoms in total. The Balaban J connectivity index is 0.00000285. The van der Waals surface area contributed by atoms with Gasteiger partial charge in [-0.2, -0.15) is 0 Å². The van der Waals surface area contributed by atoms with Crippen LogP contribution < -0.4 is 21.5 Å². The third-order valence-electron chi connectivity index (χ3n) is 9.60. The van der Waals surface area contributed by atoms with Gasteiger partial charge in [-0.3, -0.25) is 24.1 Å². The number of rotatable bonds is 10. The Labute approximate surface area is 315 Å². The van der Waals surface area contributed by atoms with Gasteiger partial charge in [0.05, 0.1) is 53.2 Å². The summed E-state index contributed by atoms with van der Waals surface area (Å²) in [5.74, 6) is -5.76. The summed E-state index contributed by atoms with van der Waals surface area (Å²) in [5, 5.41) is 3.40. The molecule has 6 rings (SSSR count). The Morgan fingerprint density at radius 3 is 2.55 bits per heavy atom. The van der Waals surface area contributed by atoms with Crippen molar-refractivity contribution in [3.05, 3.63) is 104 Å². The molecule has 1 saturated heterocycles. The topological polar surface area (TPSA) is 138 Å². The van der Waals surface area contributed by atoms with Crippen LogP contribution in [0.4, 0.5) is 18.9 Å². The third kappa shape index (κ3) is 8.26. The van der Waals surface area contributed by atoms with Gasteiger partial charge in [0, 0.05) is 50.4 Å². The number of morpholine rings is 1. The number of amides is 1. The molecule has 0 unspecified atom stereocenters. The number of alkyl halides is 2. The van der Waals surface area contributed by atoms with Gasteiger partial charge in [-0.05, 0) is 61.7 Å². The van der Waals surface area contributed by atoms with Crippen LogP contribution in [0.15, 0.2) is 70.6 Å². The van der Waals surface area contributed by atoms with E-state index < -0.39 is 53.1 Å². The molecule has 1 fully saturated rings. The second-order valence-corrected chi connectivity index (χ2v) is 13.3. The highest BCUT2D eigenvalue weighted by atomic mass is 19.3. The molecule has 5 aromatic rings. The number of esters is 1. The maximum absolute atomic E-state index is 15.8. The number of carbonyl (C=O) groups excluding carboxylic acids is 2. The van der Waals surface area contributed by atoms with Crippen LogP contribution in [-0.2, 0) is 27.7 Å². The lowest BCUT2D eigenvalue weighted by Gasteiger charge is -2.40. The van der Waals surface area contributed by atoms with Crippen LogP contribution in [-0.4, -0.2) is 74.8 Å². The number of nitrogens with zero attached hydrogens (tertiary/aromatic N) is 5. The Bertz CT molecular complexity index is 2320. The number of halogens is 3. The van der Waals surface area contributed by atoms with Gasteiger partial charge in [0.15, 0.2) is 0 Å². The van der Waals surface area contributed by atoms with E-state index in [1.54, 1.807) is 31.2 Å². The fourth-order valence-electron chi connectivity index (χ4n) is 6.60. The van der Waals surface area contributed by atoms with E-state index in [9.17, 15) is 28.0 Å². The van der Waals surface area contributed by atoms with Gasteiger partial charge in [-0.1, -0.05) is 32.9 Å². The number of benzene rings is 2. The molecule has 0 saturated carbocycles. The average Bonchev–Trinajstić information content (AvgIpc) is 3.17. The van der Waals surface area contributed by atoms with Crippen molar-refractivity contribution < 1.29 is 32.2 Å². The van der Waals surface area contributed by atoms with Gasteiger partial charge in [0.1, 0.15) is 17.9 Å². The van der Waals surface area contributed by atoms with Crippen LogP contribution in [0.2, 0.25) is 0 Å². The zero-order chi connectivity index (χ0) is 40.2. The highest BCUT2D eigenvalue weighted by molar-refractivity contribution is 5.99. The molecule has 292 valence electrons. The van der Waals surface area contributed by atoms with Crippen molar-refractivity contribution in [1.29, 1.82) is 0 Å². The van der Waals surface area contributed by atoms with E-state index in [1.807, 2.05) is 20.8 Å². The molecule has 0 bridgehead atoms. The maximum atomic E-state index is 15.8. The Kier molecular flexibility index (Phi) is 12.4. The van der Waals surface area contributed by atoms with Gasteiger partial charge in [0.25, 0.3) is 17.4 Å². The number of pyridine rings is 2. The molecule has 4 heterocycles. The first-order valence-corrected chi connectivity index (χ1v) is 18.2. The minimum Gasteiger partial charge on any atom is -0.461 e. The molecule has 1 aliphatic rings. The number of fused-ring (bicyclic) bond motifs is 2. The number of hydrogen-bond donors (Lipinski definition) is 1. The van der Waals surface area contributed by atoms with Crippen LogP contribution in [0.25, 0.3) is 27.5 Å². The number of anilines is 1. The molecule has 2 aromatic carbocycles. The monoisotopic (exact) mass is 762 g/mol. The number of hydrogen-bond acceptors (Lipinski definition) is 9. The Morgan fingerprint density at radius 2 is 1.85 bits per heavy atom. The van der Waals surface area contributed by atoms with Crippen LogP contribution in [0.1, 0.15) is 62.5 Å². The predicted molar refractivity (Wildman–Crippen MR) is 204 cm³/mol. The molecule has 3 atom stereocenters. The van der Waals surface area contributed by atoms with E-state index in [4.69, 9.17) is 9.47 Å². The minimum atomic E-state index is -3.14. The molecule has 15 heteroatoms. The predicted octanol–water partition coefficient (Wildman–Crippen LogP) is 5.65. The number of aromatic nitrogens is 4. The summed E-state index contributed by atoms with van der Waals surface area (Å²) in [6.07, 6.45) is 4.27. The summed E-state index contributed by atoms with van der Waals surface area (Å²) >= 11 is 0. The second kappa shape index (κ2) is 16.8. The standard InChI is InChI=1S/C38H39F3N6O6.C2H6/c1-6-22(3)53-36(50)28(44-34(48)32-21(2)16-24(18-27(32)39)46-14-15-52-20-31(46)38(4,40)41)17-23-9-10-29(33-25(23)8-7-12-43-33)47-35(49)26-11-13-42-19-30(26)45(5)37(47)51;1-2/h7-13,16,18-19,22,28,31H,6,14-15,17,20H2,1-5H3,(H,44,48);1-2H3/t22-,28+,31-;/m1./s1. The highest BCUT2D eigenvalue weighted by Crippen LogP contribution is 2.32. The number of ether oxygens (including phenoxy) is 2. The van der Waals surface area contributed by atoms with Crippen LogP contribution >= 0.6 is 0 Å². The molecule has 55 heavy (non-hydrogen) atoms. The number of carbonyl (C=O) groups is 2. The fourth-order valence-corrected chi connectivity index (χ4v) is 6.60. The molecule has 0 radical (unpaired) electrons. The van der Waals surface area contributed by atoms with Crippen LogP contribution in [0.5, 0.6) is 0 Å². The lowest BCUT2D eigenvalue weighted by Crippen LogP contribution is -2.54. The molecule has 0 spiro atoms. The van der Waals surface area contributed by atoms with Gasteiger partial charge in [-0.15, -0.1) is 0 Å². The zero-order valence-electron chi connectivity index (χ0n) is 31.9. The smallest absolute Gasteiger partial charge is 0.335 e. The molecule has 1 aliphatic heterocycles. The maximum Gasteiger partial charge on any atom is 0.335 e. The van der Waals surface area contributed by atoms with Crippen LogP contribution in [0, 0.1) is 12.7 Å². The molecular weight excluding hydrogens is 717 g/mol. The van der Waals surface area contributed by atoms with Crippen molar-refractivity contribution in [2.75, 3.05) is 24.7 Å². The van der Waals surface area contributed by atoms with Gasteiger partial charge in [0.2, 0.25) is 0 Å². The zero-order valence-corrected chi connectivity index (χ0v) is 31.9. The Hall–Kier alpha value is -5.57. The van der Waals surface area contributed by atoms with E-state index in [1.165, 1.54) is 54.2 Å². The number of nitrogens with one attached hydrogen (secondary N) is 1. The quantitative estimate of drug-likeness (QED) is 0.179. The lowest BCUT2D eigenvalue weighted by atomic mass is 9.98. The van der Waals surface area contributed by atoms with Crippen molar-refractivity contribution in [3.8, 4) is 5.69 Å². The van der Waals surface area contributed by atoms with Gasteiger partial charge < -0.3 is 19.7 Å². The van der Waals surface area contributed by atoms with E-state index >= 15 is 4.39 Å². The van der Waals surface area contributed by atoms with E-state index in [2.05, 4.69) is 15.3 Å². The average molecular weight is 763 g/mol. The normalized spacial score (nSPS) is 15.6. The SMILES string of the molecule is CC.CC[C@@H](C)OC(=O)[C@H](Cc1ccc(-n2c(=O)c3ccncc3n(C)c2=O)c2ncccc12)NC(=O)c1c(C)cc(N2CCOC[C@@H]2C(C)(F)F)cc1F. The van der Waals surface area contributed by atoms with E-state index in [0.29, 0.717) is 22.9 Å². The van der Waals surface area contributed by atoms with E-state index in [-0.39, 0.29) is 59.6 Å². The highest BCUT2D eigenvalue weighted by Gasteiger charge is 2.41. The summed E-state index contributed by atoms with van der Waals surface area (Å²) < 4.78 is 57.9. The molecule has 1 amide bonds. The summed E-state index contributed by atoms with van der Waals surface area (Å²) in [5.41, 5.74) is 0.184. The van der Waals surface area contributed by atoms with Crippen molar-refractivity contribution in [2.24, 2.45) is 7.05 Å². The van der Waals surface area contributed by atoms with Crippen molar-refractivity contribution in [1.82, 2.24) is 24.4 Å². The minimum absolute atomic E-state index is 0.102. The summed E-state index contributed by atoms with van der Waals surface area (Å²) in [6.45, 7) is 9.82. The van der Waals surface area contributed by atoms with Crippen molar-refractivity contribution in [2.45, 2.75) is 78.5 Å². The molecule has 1 N–H and O–H groups in total. The summed E-state index contributed by atoms with van der Waals surface area (Å²) in [6, 6.07) is 7.91. The van der Waals surface area contributed by atoms with Crippen molar-refractivity contribution in [3.63, 3.8) is 0 Å². The molecule has 3 aromatic heterocycles. The molecule has 0 aliphatic carbocycles. The van der Waals surface area contributed by atoms with E-state index in [0.717, 1.165) is 17.6 Å². The first-order valence-electron chi connectivity index (χ1n) is 18.2. The summed E-state index contributed by atoms with van der Waals surface area (Å²) in [7, 11) is 1.53. The first kappa shape index (κ1) is 40.6. The lowest BCUT2D eigenvalue weighted by molar-refractivity contribution is -0.150. The fraction of sp³-hybridized carbons (Fsp3) is 0.400. The van der Waals surface area contributed by atoms with Gasteiger partial charge >= 0.3 is 11.7 Å². The second-order valence-electron chi connectivity index (χ2n) is 13.3. The van der Waals surface area contributed by atoms with Crippen LogP contribution in [0.3, 0.4) is 0 Å². The third-order valence-corrected chi connectivity index (χ3v) is 9.60.